The highest BCUT2D eigenvalue weighted by molar-refractivity contribution is 7.13. The van der Waals surface area contributed by atoms with Crippen LogP contribution in [0, 0.1) is 0 Å². The molecule has 10 nitrogen and oxygen atoms in total. The van der Waals surface area contributed by atoms with Gasteiger partial charge in [-0.05, 0) is 30.2 Å². The predicted octanol–water partition coefficient (Wildman–Crippen LogP) is 7.85. The molecule has 0 aliphatic carbocycles. The van der Waals surface area contributed by atoms with Crippen molar-refractivity contribution in [2.24, 2.45) is 0 Å². The Hall–Kier alpha value is -3.37. The molecule has 2 saturated heterocycles. The van der Waals surface area contributed by atoms with E-state index in [-0.39, 0.29) is 23.2 Å². The number of fused-ring (bicyclic) bond motifs is 1. The Morgan fingerprint density at radius 3 is 2.54 bits per heavy atom. The van der Waals surface area contributed by atoms with Crippen LogP contribution in [0.15, 0.2) is 66.2 Å². The molecule has 7 rings (SSSR count). The van der Waals surface area contributed by atoms with Gasteiger partial charge in [-0.1, -0.05) is 72.6 Å². The third-order valence-corrected chi connectivity index (χ3v) is 9.76. The summed E-state index contributed by atoms with van der Waals surface area (Å²) in [5, 5.41) is 16.2. The number of aromatic nitrogens is 6. The zero-order valence-corrected chi connectivity index (χ0v) is 28.0. The number of thiazole rings is 1. The molecule has 48 heavy (non-hydrogen) atoms. The lowest BCUT2D eigenvalue weighted by molar-refractivity contribution is -0.320. The summed E-state index contributed by atoms with van der Waals surface area (Å²) in [4.78, 5) is 4.32. The number of halogens is 5. The number of nitrogens with zero attached hydrogens (tertiary/aromatic N) is 6. The molecule has 2 aromatic carbocycles. The molecule has 0 bridgehead atoms. The highest BCUT2D eigenvalue weighted by Gasteiger charge is 2.53. The van der Waals surface area contributed by atoms with Gasteiger partial charge in [-0.2, -0.15) is 18.3 Å². The number of hydrogen-bond acceptors (Lipinski definition) is 9. The maximum atomic E-state index is 14.4. The Morgan fingerprint density at radius 2 is 1.85 bits per heavy atom. The Morgan fingerprint density at radius 1 is 1.06 bits per heavy atom. The minimum Gasteiger partial charge on any atom is -0.376 e. The molecule has 4 unspecified atom stereocenters. The summed E-state index contributed by atoms with van der Waals surface area (Å²) in [6.07, 6.45) is -6.83. The minimum absolute atomic E-state index is 0.118. The van der Waals surface area contributed by atoms with E-state index in [9.17, 15) is 13.2 Å². The summed E-state index contributed by atoms with van der Waals surface area (Å²) >= 11 is 13.7. The van der Waals surface area contributed by atoms with Crippen LogP contribution in [0.25, 0.3) is 16.4 Å². The summed E-state index contributed by atoms with van der Waals surface area (Å²) < 4.78 is 71.5. The number of benzene rings is 2. The van der Waals surface area contributed by atoms with Crippen LogP contribution in [0.4, 0.5) is 13.2 Å². The van der Waals surface area contributed by atoms with Gasteiger partial charge in [0.25, 0.3) is 0 Å². The van der Waals surface area contributed by atoms with Crippen molar-refractivity contribution in [1.82, 2.24) is 29.8 Å². The first-order chi connectivity index (χ1) is 23.0. The molecular formula is C32H29Cl2F3N6O4S. The third-order valence-electron chi connectivity index (χ3n) is 8.34. The lowest BCUT2D eigenvalue weighted by Gasteiger charge is -2.49. The molecule has 0 amide bonds. The van der Waals surface area contributed by atoms with Gasteiger partial charge in [-0.15, -0.1) is 16.4 Å². The second-order valence-corrected chi connectivity index (χ2v) is 13.4. The van der Waals surface area contributed by atoms with E-state index in [1.165, 1.54) is 35.3 Å². The van der Waals surface area contributed by atoms with Crippen LogP contribution >= 0.6 is 34.5 Å². The number of rotatable bonds is 7. The SMILES string of the molecule is COC1C(n2cc(-c3nc(Cl)cs3)nn2)[C@H]2OC(c3ccccc3)OCC2O[C@H]1c1cc(C(C)C)nn1-c1cc(Cl)ccc1C(F)(F)F. The molecule has 5 aromatic rings. The van der Waals surface area contributed by atoms with Gasteiger partial charge in [0.1, 0.15) is 46.3 Å². The number of ether oxygens (including phenoxy) is 4. The van der Waals surface area contributed by atoms with E-state index in [0.717, 1.165) is 11.6 Å². The number of alkyl halides is 3. The molecule has 3 aromatic heterocycles. The van der Waals surface area contributed by atoms with Crippen molar-refractivity contribution in [1.29, 1.82) is 0 Å². The average molecular weight is 722 g/mol. The second kappa shape index (κ2) is 13.2. The van der Waals surface area contributed by atoms with Crippen LogP contribution < -0.4 is 0 Å². The fourth-order valence-corrected chi connectivity index (χ4v) is 7.15. The van der Waals surface area contributed by atoms with E-state index in [1.807, 2.05) is 44.2 Å². The third kappa shape index (κ3) is 6.26. The van der Waals surface area contributed by atoms with E-state index in [2.05, 4.69) is 20.4 Å². The molecular weight excluding hydrogens is 692 g/mol. The molecule has 252 valence electrons. The van der Waals surface area contributed by atoms with Gasteiger partial charge in [-0.25, -0.2) is 14.3 Å². The Kier molecular flexibility index (Phi) is 9.08. The van der Waals surface area contributed by atoms with E-state index in [0.29, 0.717) is 27.2 Å². The molecule has 6 atom stereocenters. The Balaban J connectivity index is 1.36. The van der Waals surface area contributed by atoms with Crippen molar-refractivity contribution < 1.29 is 32.1 Å². The van der Waals surface area contributed by atoms with E-state index in [4.69, 9.17) is 42.1 Å². The van der Waals surface area contributed by atoms with Gasteiger partial charge in [-0.3, -0.25) is 0 Å². The lowest BCUT2D eigenvalue weighted by atomic mass is 9.89. The van der Waals surface area contributed by atoms with Crippen LogP contribution in [-0.4, -0.2) is 61.8 Å². The second-order valence-electron chi connectivity index (χ2n) is 11.7. The van der Waals surface area contributed by atoms with Crippen molar-refractivity contribution in [3.8, 4) is 16.4 Å². The fraction of sp³-hybridized carbons (Fsp3) is 0.375. The number of hydrogen-bond donors (Lipinski definition) is 0. The minimum atomic E-state index is -4.68. The summed E-state index contributed by atoms with van der Waals surface area (Å²) in [5.74, 6) is -0.123. The molecule has 2 aliphatic heterocycles. The van der Waals surface area contributed by atoms with Crippen LogP contribution in [0.3, 0.4) is 0 Å². The fourth-order valence-electron chi connectivity index (χ4n) is 6.09. The van der Waals surface area contributed by atoms with Gasteiger partial charge < -0.3 is 18.9 Å². The average Bonchev–Trinajstić information content (AvgIpc) is 3.83. The maximum absolute atomic E-state index is 14.4. The first kappa shape index (κ1) is 33.1. The molecule has 2 fully saturated rings. The summed E-state index contributed by atoms with van der Waals surface area (Å²) in [6, 6.07) is 13.9. The topological polar surface area (TPSA) is 98.3 Å². The normalized spacial score (nSPS) is 24.6. The van der Waals surface area contributed by atoms with Gasteiger partial charge in [0.2, 0.25) is 0 Å². The molecule has 5 heterocycles. The van der Waals surface area contributed by atoms with Crippen LogP contribution in [0.5, 0.6) is 0 Å². The van der Waals surface area contributed by atoms with Crippen molar-refractivity contribution in [3.05, 3.63) is 98.9 Å². The van der Waals surface area contributed by atoms with Crippen LogP contribution in [0.1, 0.15) is 60.7 Å². The van der Waals surface area contributed by atoms with E-state index < -0.39 is 48.5 Å². The predicted molar refractivity (Wildman–Crippen MR) is 171 cm³/mol. The summed E-state index contributed by atoms with van der Waals surface area (Å²) in [5.41, 5.74) is 1.04. The zero-order valence-electron chi connectivity index (χ0n) is 25.7. The summed E-state index contributed by atoms with van der Waals surface area (Å²) in [6.45, 7) is 3.93. The van der Waals surface area contributed by atoms with Crippen molar-refractivity contribution in [2.75, 3.05) is 13.7 Å². The smallest absolute Gasteiger partial charge is 0.376 e. The molecule has 0 N–H and O–H groups in total. The first-order valence-electron chi connectivity index (χ1n) is 15.0. The van der Waals surface area contributed by atoms with Gasteiger partial charge in [0.05, 0.1) is 35.4 Å². The summed E-state index contributed by atoms with van der Waals surface area (Å²) in [7, 11) is 1.51. The Bertz CT molecular complexity index is 1900. The molecule has 0 radical (unpaired) electrons. The number of methoxy groups -OCH3 is 1. The van der Waals surface area contributed by atoms with E-state index >= 15 is 0 Å². The van der Waals surface area contributed by atoms with Gasteiger partial charge in [0.15, 0.2) is 6.29 Å². The Labute approximate surface area is 287 Å². The van der Waals surface area contributed by atoms with Crippen molar-refractivity contribution in [3.63, 3.8) is 0 Å². The van der Waals surface area contributed by atoms with Crippen molar-refractivity contribution in [2.45, 2.75) is 62.7 Å². The molecule has 16 heteroatoms. The highest BCUT2D eigenvalue weighted by Crippen LogP contribution is 2.47. The molecule has 0 spiro atoms. The molecule has 0 saturated carbocycles. The van der Waals surface area contributed by atoms with Crippen LogP contribution in [0.2, 0.25) is 10.2 Å². The lowest BCUT2D eigenvalue weighted by Crippen LogP contribution is -2.57. The van der Waals surface area contributed by atoms with Gasteiger partial charge in [0, 0.05) is 23.1 Å². The quantitative estimate of drug-likeness (QED) is 0.168. The zero-order chi connectivity index (χ0) is 33.7. The standard InChI is InChI=1S/C32H29Cl2F3N6O4S/c1-16(2)20-12-23(43(40-20)22-11-18(33)9-10-19(22)32(35,36)37)27-29(44-3)26(42-13-21(39-41-42)30-38-25(34)15-48-30)28-24(46-27)14-45-31(47-28)17-7-5-4-6-8-17/h4-13,15-16,24,26-29,31H,14H2,1-3H3/t24?,26?,27-,28-,29?,31?/m0/s1. The first-order valence-corrected chi connectivity index (χ1v) is 16.7. The van der Waals surface area contributed by atoms with Crippen LogP contribution in [-0.2, 0) is 25.1 Å². The maximum Gasteiger partial charge on any atom is 0.418 e. The van der Waals surface area contributed by atoms with E-state index in [1.54, 1.807) is 22.3 Å². The monoisotopic (exact) mass is 720 g/mol. The molecule has 2 aliphatic rings. The largest absolute Gasteiger partial charge is 0.418 e. The van der Waals surface area contributed by atoms with Gasteiger partial charge >= 0.3 is 6.18 Å². The van der Waals surface area contributed by atoms with Crippen molar-refractivity contribution >= 4 is 34.5 Å². The highest BCUT2D eigenvalue weighted by atomic mass is 35.5.